The van der Waals surface area contributed by atoms with Crippen molar-refractivity contribution in [2.24, 2.45) is 11.7 Å². The zero-order valence-corrected chi connectivity index (χ0v) is 15.7. The molecule has 0 spiro atoms. The molecule has 7 nitrogen and oxygen atoms in total. The number of nitrogens with zero attached hydrogens (tertiary/aromatic N) is 1. The molecule has 2 amide bonds. The van der Waals surface area contributed by atoms with Crippen LogP contribution in [0.5, 0.6) is 11.5 Å². The van der Waals surface area contributed by atoms with E-state index in [9.17, 15) is 14.9 Å². The highest BCUT2D eigenvalue weighted by atomic mass is 16.5. The first kappa shape index (κ1) is 20.3. The second kappa shape index (κ2) is 9.62. The van der Waals surface area contributed by atoms with Crippen LogP contribution >= 0.6 is 0 Å². The van der Waals surface area contributed by atoms with Crippen LogP contribution in [-0.2, 0) is 9.59 Å². The van der Waals surface area contributed by atoms with Crippen LogP contribution in [0, 0.1) is 17.2 Å². The molecule has 0 bridgehead atoms. The fourth-order valence-electron chi connectivity index (χ4n) is 3.13. The predicted octanol–water partition coefficient (Wildman–Crippen LogP) is 2.16. The molecule has 2 rings (SSSR count). The number of methoxy groups -OCH3 is 1. The van der Waals surface area contributed by atoms with Gasteiger partial charge in [0.1, 0.15) is 11.6 Å². The van der Waals surface area contributed by atoms with Crippen molar-refractivity contribution in [3.05, 3.63) is 29.3 Å². The summed E-state index contributed by atoms with van der Waals surface area (Å²) in [6.45, 7) is 1.85. The van der Waals surface area contributed by atoms with Gasteiger partial charge in [0.05, 0.1) is 7.11 Å². The summed E-state index contributed by atoms with van der Waals surface area (Å²) in [4.78, 5) is 23.3. The Balaban J connectivity index is 2.14. The first-order chi connectivity index (χ1) is 12.9. The number of nitrogens with two attached hydrogens (primary N) is 1. The molecule has 0 aromatic heterocycles. The lowest BCUT2D eigenvalue weighted by Crippen LogP contribution is -2.41. The lowest BCUT2D eigenvalue weighted by molar-refractivity contribution is -0.120. The highest BCUT2D eigenvalue weighted by molar-refractivity contribution is 6.01. The zero-order chi connectivity index (χ0) is 19.8. The summed E-state index contributed by atoms with van der Waals surface area (Å²) in [6, 6.07) is 6.97. The Morgan fingerprint density at radius 2 is 2.07 bits per heavy atom. The molecule has 0 saturated heterocycles. The first-order valence-electron chi connectivity index (χ1n) is 8.96. The predicted molar refractivity (Wildman–Crippen MR) is 101 cm³/mol. The maximum Gasteiger partial charge on any atom is 0.262 e. The van der Waals surface area contributed by atoms with E-state index in [1.165, 1.54) is 19.6 Å². The number of nitrogens with one attached hydrogen (secondary N) is 1. The fourth-order valence-corrected chi connectivity index (χ4v) is 3.13. The van der Waals surface area contributed by atoms with Gasteiger partial charge in [-0.2, -0.15) is 5.26 Å². The molecule has 1 fully saturated rings. The summed E-state index contributed by atoms with van der Waals surface area (Å²) in [5.74, 6) is 0.172. The van der Waals surface area contributed by atoms with Crippen LogP contribution in [0.3, 0.4) is 0 Å². The number of nitriles is 1. The Bertz CT molecular complexity index is 767. The van der Waals surface area contributed by atoms with Crippen LogP contribution in [-0.4, -0.2) is 31.6 Å². The molecule has 7 heteroatoms. The first-order valence-corrected chi connectivity index (χ1v) is 8.96. The molecule has 27 heavy (non-hydrogen) atoms. The number of hydrogen-bond donors (Lipinski definition) is 2. The summed E-state index contributed by atoms with van der Waals surface area (Å²) in [6.07, 6.45) is 5.79. The van der Waals surface area contributed by atoms with Crippen LogP contribution in [0.2, 0.25) is 0 Å². The van der Waals surface area contributed by atoms with Crippen molar-refractivity contribution in [1.82, 2.24) is 5.32 Å². The van der Waals surface area contributed by atoms with Gasteiger partial charge in [-0.05, 0) is 42.5 Å². The average Bonchev–Trinajstić information content (AvgIpc) is 2.66. The van der Waals surface area contributed by atoms with Crippen molar-refractivity contribution < 1.29 is 19.1 Å². The van der Waals surface area contributed by atoms with Crippen molar-refractivity contribution in [3.63, 3.8) is 0 Å². The largest absolute Gasteiger partial charge is 0.493 e. The molecule has 144 valence electrons. The van der Waals surface area contributed by atoms with Crippen LogP contribution in [0.25, 0.3) is 6.08 Å². The molecule has 1 aliphatic carbocycles. The minimum absolute atomic E-state index is 0.0284. The van der Waals surface area contributed by atoms with Gasteiger partial charge < -0.3 is 20.5 Å². The molecular formula is C20H25N3O4. The van der Waals surface area contributed by atoms with Crippen LogP contribution in [0.1, 0.15) is 38.2 Å². The number of amides is 2. The molecule has 0 radical (unpaired) electrons. The highest BCUT2D eigenvalue weighted by Crippen LogP contribution is 2.29. The Labute approximate surface area is 159 Å². The van der Waals surface area contributed by atoms with E-state index >= 15 is 0 Å². The summed E-state index contributed by atoms with van der Waals surface area (Å²) >= 11 is 0. The molecule has 3 N–H and O–H groups in total. The van der Waals surface area contributed by atoms with E-state index in [1.54, 1.807) is 18.2 Å². The second-order valence-electron chi connectivity index (χ2n) is 6.68. The Morgan fingerprint density at radius 1 is 1.33 bits per heavy atom. The summed E-state index contributed by atoms with van der Waals surface area (Å²) in [5.41, 5.74) is 5.71. The molecule has 1 aromatic carbocycles. The van der Waals surface area contributed by atoms with Gasteiger partial charge in [0.2, 0.25) is 0 Å². The number of hydrogen-bond acceptors (Lipinski definition) is 5. The number of carbonyl (C=O) groups excluding carboxylic acids is 2. The van der Waals surface area contributed by atoms with Gasteiger partial charge in [-0.3, -0.25) is 9.59 Å². The number of ether oxygens (including phenoxy) is 2. The van der Waals surface area contributed by atoms with E-state index in [2.05, 4.69) is 12.2 Å². The van der Waals surface area contributed by atoms with Crippen molar-refractivity contribution in [3.8, 4) is 17.6 Å². The SMILES string of the molecule is COc1cc(/C=C(\C#N)C(=O)N[C@@H]2CCCC[C@@H]2C)ccc1OCC(N)=O. The molecule has 1 saturated carbocycles. The smallest absolute Gasteiger partial charge is 0.262 e. The van der Waals surface area contributed by atoms with E-state index in [0.29, 0.717) is 23.0 Å². The average molecular weight is 371 g/mol. The fraction of sp³-hybridized carbons (Fsp3) is 0.450. The van der Waals surface area contributed by atoms with Crippen LogP contribution in [0.15, 0.2) is 23.8 Å². The molecule has 0 unspecified atom stereocenters. The zero-order valence-electron chi connectivity index (χ0n) is 15.7. The van der Waals surface area contributed by atoms with Crippen molar-refractivity contribution in [2.45, 2.75) is 38.6 Å². The third-order valence-corrected chi connectivity index (χ3v) is 4.66. The topological polar surface area (TPSA) is 114 Å². The van der Waals surface area contributed by atoms with Gasteiger partial charge in [0, 0.05) is 6.04 Å². The normalized spacial score (nSPS) is 19.7. The summed E-state index contributed by atoms with van der Waals surface area (Å²) in [5, 5.41) is 12.4. The third kappa shape index (κ3) is 5.74. The number of carbonyl (C=O) groups is 2. The lowest BCUT2D eigenvalue weighted by Gasteiger charge is -2.29. The van der Waals surface area contributed by atoms with Crippen LogP contribution < -0.4 is 20.5 Å². The van der Waals surface area contributed by atoms with Gasteiger partial charge in [-0.25, -0.2) is 0 Å². The Kier molecular flexibility index (Phi) is 7.24. The minimum Gasteiger partial charge on any atom is -0.493 e. The quantitative estimate of drug-likeness (QED) is 0.563. The summed E-state index contributed by atoms with van der Waals surface area (Å²) < 4.78 is 10.5. The van der Waals surface area contributed by atoms with Gasteiger partial charge in [0.15, 0.2) is 18.1 Å². The number of primary amides is 1. The maximum absolute atomic E-state index is 12.5. The molecule has 2 atom stereocenters. The van der Waals surface area contributed by atoms with Crippen molar-refractivity contribution >= 4 is 17.9 Å². The number of rotatable bonds is 7. The van der Waals surface area contributed by atoms with Crippen LogP contribution in [0.4, 0.5) is 0 Å². The minimum atomic E-state index is -0.596. The van der Waals surface area contributed by atoms with Gasteiger partial charge in [-0.15, -0.1) is 0 Å². The number of benzene rings is 1. The van der Waals surface area contributed by atoms with Gasteiger partial charge in [-0.1, -0.05) is 25.8 Å². The van der Waals surface area contributed by atoms with Gasteiger partial charge >= 0.3 is 0 Å². The van der Waals surface area contributed by atoms with E-state index in [4.69, 9.17) is 15.2 Å². The molecule has 1 aromatic rings. The standard InChI is InChI=1S/C20H25N3O4/c1-13-5-3-4-6-16(13)23-20(25)15(11-21)9-14-7-8-17(18(10-14)26-2)27-12-19(22)24/h7-10,13,16H,3-6,12H2,1-2H3,(H2,22,24)(H,23,25)/b15-9+/t13-,16+/m0/s1. The molecule has 0 aliphatic heterocycles. The summed E-state index contributed by atoms with van der Waals surface area (Å²) in [7, 11) is 1.46. The Morgan fingerprint density at radius 3 is 2.70 bits per heavy atom. The lowest BCUT2D eigenvalue weighted by atomic mass is 9.86. The maximum atomic E-state index is 12.5. The van der Waals surface area contributed by atoms with E-state index in [1.807, 2.05) is 6.07 Å². The molecular weight excluding hydrogens is 346 g/mol. The van der Waals surface area contributed by atoms with E-state index < -0.39 is 5.91 Å². The monoisotopic (exact) mass is 371 g/mol. The molecule has 0 heterocycles. The Hall–Kier alpha value is -3.01. The van der Waals surface area contributed by atoms with E-state index in [0.717, 1.165) is 19.3 Å². The van der Waals surface area contributed by atoms with E-state index in [-0.39, 0.29) is 24.1 Å². The third-order valence-electron chi connectivity index (χ3n) is 4.66. The van der Waals surface area contributed by atoms with Crippen molar-refractivity contribution in [2.75, 3.05) is 13.7 Å². The second-order valence-corrected chi connectivity index (χ2v) is 6.68. The van der Waals surface area contributed by atoms with Gasteiger partial charge in [0.25, 0.3) is 11.8 Å². The molecule has 1 aliphatic rings. The van der Waals surface area contributed by atoms with Crippen molar-refractivity contribution in [1.29, 1.82) is 5.26 Å². The highest BCUT2D eigenvalue weighted by Gasteiger charge is 2.24.